The topological polar surface area (TPSA) is 105 Å². The molecule has 0 spiro atoms. The van der Waals surface area contributed by atoms with Crippen LogP contribution in [0.15, 0.2) is 29.2 Å². The van der Waals surface area contributed by atoms with E-state index in [1.165, 1.54) is 12.1 Å². The Balaban J connectivity index is 1.55. The molecule has 2 rings (SSSR count). The maximum atomic E-state index is 12.1. The summed E-state index contributed by atoms with van der Waals surface area (Å²) in [5.41, 5.74) is -0.494. The second kappa shape index (κ2) is 11.5. The summed E-state index contributed by atoms with van der Waals surface area (Å²) in [7, 11) is -3.22. The molecular formula is C22H35N3O6S. The second-order valence-corrected chi connectivity index (χ2v) is 10.9. The number of benzene rings is 1. The molecule has 1 N–H and O–H groups in total. The lowest BCUT2D eigenvalue weighted by molar-refractivity contribution is -0.121. The molecule has 9 nitrogen and oxygen atoms in total. The summed E-state index contributed by atoms with van der Waals surface area (Å²) < 4.78 is 33.8. The number of carbonyl (C=O) groups is 2. The third-order valence-electron chi connectivity index (χ3n) is 4.84. The summed E-state index contributed by atoms with van der Waals surface area (Å²) in [5.74, 6) is 0.539. The third kappa shape index (κ3) is 9.44. The zero-order chi connectivity index (χ0) is 23.8. The van der Waals surface area contributed by atoms with Crippen molar-refractivity contribution in [3.8, 4) is 5.75 Å². The van der Waals surface area contributed by atoms with Gasteiger partial charge in [-0.3, -0.25) is 9.69 Å². The van der Waals surface area contributed by atoms with Crippen LogP contribution < -0.4 is 10.1 Å². The molecule has 1 aliphatic heterocycles. The van der Waals surface area contributed by atoms with Gasteiger partial charge in [0, 0.05) is 51.9 Å². The Hall–Kier alpha value is -2.33. The van der Waals surface area contributed by atoms with Crippen LogP contribution in [0.1, 0.15) is 33.6 Å². The Morgan fingerprint density at radius 3 is 2.25 bits per heavy atom. The van der Waals surface area contributed by atoms with Crippen LogP contribution >= 0.6 is 0 Å². The number of carbonyl (C=O) groups excluding carboxylic acids is 2. The van der Waals surface area contributed by atoms with Gasteiger partial charge >= 0.3 is 6.09 Å². The van der Waals surface area contributed by atoms with Crippen molar-refractivity contribution in [2.45, 2.75) is 44.1 Å². The SMILES string of the molecule is CC(C)(C)OC(=O)N1CCN(CCNC(=O)CCCOc2ccc(S(C)(=O)=O)cc2)CC1. The maximum absolute atomic E-state index is 12.1. The first-order valence-electron chi connectivity index (χ1n) is 10.8. The molecule has 1 aliphatic rings. The van der Waals surface area contributed by atoms with Gasteiger partial charge < -0.3 is 19.7 Å². The lowest BCUT2D eigenvalue weighted by atomic mass is 10.2. The monoisotopic (exact) mass is 469 g/mol. The van der Waals surface area contributed by atoms with Crippen LogP contribution in [-0.4, -0.2) is 88.0 Å². The fourth-order valence-electron chi connectivity index (χ4n) is 3.13. The molecule has 180 valence electrons. The highest BCUT2D eigenvalue weighted by atomic mass is 32.2. The largest absolute Gasteiger partial charge is 0.494 e. The minimum atomic E-state index is -3.22. The molecule has 1 aromatic carbocycles. The van der Waals surface area contributed by atoms with Gasteiger partial charge in [0.2, 0.25) is 5.91 Å². The molecule has 32 heavy (non-hydrogen) atoms. The highest BCUT2D eigenvalue weighted by Crippen LogP contribution is 2.16. The van der Waals surface area contributed by atoms with Crippen molar-refractivity contribution >= 4 is 21.8 Å². The fraction of sp³-hybridized carbons (Fsp3) is 0.636. The van der Waals surface area contributed by atoms with Gasteiger partial charge in [0.1, 0.15) is 11.4 Å². The lowest BCUT2D eigenvalue weighted by Crippen LogP contribution is -2.51. The minimum Gasteiger partial charge on any atom is -0.494 e. The van der Waals surface area contributed by atoms with Crippen LogP contribution in [0, 0.1) is 0 Å². The van der Waals surface area contributed by atoms with Crippen molar-refractivity contribution in [2.24, 2.45) is 0 Å². The molecule has 10 heteroatoms. The van der Waals surface area contributed by atoms with Crippen LogP contribution in [-0.2, 0) is 19.4 Å². The summed E-state index contributed by atoms with van der Waals surface area (Å²) in [6.07, 6.45) is 1.80. The highest BCUT2D eigenvalue weighted by Gasteiger charge is 2.25. The lowest BCUT2D eigenvalue weighted by Gasteiger charge is -2.35. The number of rotatable bonds is 9. The summed E-state index contributed by atoms with van der Waals surface area (Å²) in [4.78, 5) is 28.3. The maximum Gasteiger partial charge on any atom is 0.410 e. The van der Waals surface area contributed by atoms with Crippen LogP contribution in [0.5, 0.6) is 5.75 Å². The Labute approximate surface area is 191 Å². The summed E-state index contributed by atoms with van der Waals surface area (Å²) in [5, 5.41) is 2.91. The van der Waals surface area contributed by atoms with Gasteiger partial charge in [0.25, 0.3) is 0 Å². The van der Waals surface area contributed by atoms with Gasteiger partial charge in [-0.15, -0.1) is 0 Å². The number of nitrogens with one attached hydrogen (secondary N) is 1. The average Bonchev–Trinajstić information content (AvgIpc) is 2.70. The zero-order valence-corrected chi connectivity index (χ0v) is 20.2. The molecule has 1 saturated heterocycles. The normalized spacial score (nSPS) is 15.3. The number of piperazine rings is 1. The van der Waals surface area contributed by atoms with E-state index < -0.39 is 15.4 Å². The number of sulfone groups is 1. The van der Waals surface area contributed by atoms with Crippen molar-refractivity contribution in [3.63, 3.8) is 0 Å². The Kier molecular flexibility index (Phi) is 9.33. The number of nitrogens with zero attached hydrogens (tertiary/aromatic N) is 2. The van der Waals surface area contributed by atoms with Gasteiger partial charge in [0.05, 0.1) is 11.5 Å². The number of amides is 2. The van der Waals surface area contributed by atoms with Crippen LogP contribution in [0.25, 0.3) is 0 Å². The van der Waals surface area contributed by atoms with Crippen molar-refractivity contribution < 1.29 is 27.5 Å². The molecule has 0 radical (unpaired) electrons. The van der Waals surface area contributed by atoms with Crippen LogP contribution in [0.3, 0.4) is 0 Å². The van der Waals surface area contributed by atoms with E-state index in [1.54, 1.807) is 17.0 Å². The van der Waals surface area contributed by atoms with E-state index in [4.69, 9.17) is 9.47 Å². The first-order chi connectivity index (χ1) is 14.9. The fourth-order valence-corrected chi connectivity index (χ4v) is 3.76. The first-order valence-corrected chi connectivity index (χ1v) is 12.7. The van der Waals surface area contributed by atoms with Crippen molar-refractivity contribution in [1.29, 1.82) is 0 Å². The summed E-state index contributed by atoms with van der Waals surface area (Å²) in [6.45, 7) is 9.96. The van der Waals surface area contributed by atoms with Gasteiger partial charge in [-0.1, -0.05) is 0 Å². The van der Waals surface area contributed by atoms with E-state index in [9.17, 15) is 18.0 Å². The van der Waals surface area contributed by atoms with Crippen LogP contribution in [0.2, 0.25) is 0 Å². The van der Waals surface area contributed by atoms with E-state index in [0.717, 1.165) is 25.9 Å². The Morgan fingerprint density at radius 1 is 1.06 bits per heavy atom. The summed E-state index contributed by atoms with van der Waals surface area (Å²) >= 11 is 0. The van der Waals surface area contributed by atoms with Gasteiger partial charge in [0.15, 0.2) is 9.84 Å². The molecule has 0 atom stereocenters. The smallest absolute Gasteiger partial charge is 0.410 e. The molecule has 2 amide bonds. The Bertz CT molecular complexity index is 857. The predicted molar refractivity (Wildman–Crippen MR) is 122 cm³/mol. The van der Waals surface area contributed by atoms with E-state index >= 15 is 0 Å². The van der Waals surface area contributed by atoms with Crippen LogP contribution in [0.4, 0.5) is 4.79 Å². The van der Waals surface area contributed by atoms with Gasteiger partial charge in [-0.05, 0) is 51.5 Å². The second-order valence-electron chi connectivity index (χ2n) is 8.85. The first kappa shape index (κ1) is 25.9. The van der Waals surface area contributed by atoms with E-state index in [1.807, 2.05) is 20.8 Å². The average molecular weight is 470 g/mol. The molecule has 0 aliphatic carbocycles. The Morgan fingerprint density at radius 2 is 1.69 bits per heavy atom. The predicted octanol–water partition coefficient (Wildman–Crippen LogP) is 1.92. The van der Waals surface area contributed by atoms with Crippen molar-refractivity contribution in [1.82, 2.24) is 15.1 Å². The quantitative estimate of drug-likeness (QED) is 0.551. The molecule has 1 aromatic rings. The zero-order valence-electron chi connectivity index (χ0n) is 19.4. The van der Waals surface area contributed by atoms with Gasteiger partial charge in [-0.2, -0.15) is 0 Å². The number of ether oxygens (including phenoxy) is 2. The molecule has 0 saturated carbocycles. The number of hydrogen-bond donors (Lipinski definition) is 1. The molecule has 0 bridgehead atoms. The summed E-state index contributed by atoms with van der Waals surface area (Å²) in [6, 6.07) is 6.23. The molecule has 1 heterocycles. The van der Waals surface area contributed by atoms with E-state index in [-0.39, 0.29) is 16.9 Å². The molecule has 1 fully saturated rings. The standard InChI is InChI=1S/C22H35N3O6S/c1-22(2,3)31-21(27)25-15-13-24(14-16-25)12-11-23-20(26)6-5-17-30-18-7-9-19(10-8-18)32(4,28)29/h7-10H,5-6,11-17H2,1-4H3,(H,23,26). The number of hydrogen-bond acceptors (Lipinski definition) is 7. The molecule has 0 aromatic heterocycles. The van der Waals surface area contributed by atoms with E-state index in [0.29, 0.717) is 44.8 Å². The van der Waals surface area contributed by atoms with Gasteiger partial charge in [-0.25, -0.2) is 13.2 Å². The molecule has 0 unspecified atom stereocenters. The van der Waals surface area contributed by atoms with Crippen molar-refractivity contribution in [3.05, 3.63) is 24.3 Å². The molecular weight excluding hydrogens is 434 g/mol. The third-order valence-corrected chi connectivity index (χ3v) is 5.97. The minimum absolute atomic E-state index is 0.0339. The highest BCUT2D eigenvalue weighted by molar-refractivity contribution is 7.90. The van der Waals surface area contributed by atoms with E-state index in [2.05, 4.69) is 10.2 Å². The van der Waals surface area contributed by atoms with Crippen molar-refractivity contribution in [2.75, 3.05) is 52.1 Å².